The van der Waals surface area contributed by atoms with Crippen LogP contribution in [0.25, 0.3) is 10.9 Å². The lowest BCUT2D eigenvalue weighted by molar-refractivity contribution is 0.0115. The Balaban J connectivity index is 1.15. The molecule has 10 heteroatoms. The summed E-state index contributed by atoms with van der Waals surface area (Å²) in [5, 5.41) is 14.3. The SMILES string of the molecule is CC1CN(c2ccncc2NC(=O)c2ccc3ccc(N4CCC(N5CCOCC5)CC4)cc3n2)CC(N)C1O. The van der Waals surface area contributed by atoms with Crippen molar-refractivity contribution < 1.29 is 14.6 Å². The summed E-state index contributed by atoms with van der Waals surface area (Å²) in [5.41, 5.74) is 9.92. The standard InChI is InChI=1S/C30H39N7O3/c1-20-18-37(19-24(31)29(20)38)28-6-9-32-17-27(28)34-30(39)25-5-3-21-2-4-23(16-26(21)33-25)35-10-7-22(8-11-35)36-12-14-40-15-13-36/h2-6,9,16-17,20,22,24,29,38H,7-8,10-15,18-19,31H2,1H3,(H,34,39). The lowest BCUT2D eigenvalue weighted by Crippen LogP contribution is -2.55. The van der Waals surface area contributed by atoms with Gasteiger partial charge >= 0.3 is 0 Å². The summed E-state index contributed by atoms with van der Waals surface area (Å²) >= 11 is 0. The van der Waals surface area contributed by atoms with Crippen molar-refractivity contribution >= 4 is 33.9 Å². The largest absolute Gasteiger partial charge is 0.391 e. The normalized spacial score (nSPS) is 24.8. The van der Waals surface area contributed by atoms with Gasteiger partial charge in [0.15, 0.2) is 0 Å². The highest BCUT2D eigenvalue weighted by molar-refractivity contribution is 6.05. The van der Waals surface area contributed by atoms with Crippen LogP contribution in [-0.2, 0) is 4.74 Å². The van der Waals surface area contributed by atoms with E-state index in [0.29, 0.717) is 30.5 Å². The lowest BCUT2D eigenvalue weighted by Gasteiger charge is -2.40. The molecule has 1 aromatic carbocycles. The Morgan fingerprint density at radius 2 is 1.82 bits per heavy atom. The second kappa shape index (κ2) is 11.7. The van der Waals surface area contributed by atoms with Crippen molar-refractivity contribution in [1.29, 1.82) is 0 Å². The van der Waals surface area contributed by atoms with Crippen molar-refractivity contribution in [3.63, 3.8) is 0 Å². The average molecular weight is 546 g/mol. The molecule has 0 radical (unpaired) electrons. The number of carbonyl (C=O) groups is 1. The molecule has 3 unspecified atom stereocenters. The second-order valence-electron chi connectivity index (χ2n) is 11.3. The zero-order chi connectivity index (χ0) is 27.6. The summed E-state index contributed by atoms with van der Waals surface area (Å²) in [6.45, 7) is 8.88. The first kappa shape index (κ1) is 26.9. The number of rotatable bonds is 5. The number of aliphatic hydroxyl groups excluding tert-OH is 1. The van der Waals surface area contributed by atoms with Gasteiger partial charge < -0.3 is 30.7 Å². The van der Waals surface area contributed by atoms with Gasteiger partial charge in [0.05, 0.1) is 42.4 Å². The number of nitrogens with zero attached hydrogens (tertiary/aromatic N) is 5. The molecule has 0 spiro atoms. The molecule has 3 saturated heterocycles. The second-order valence-corrected chi connectivity index (χ2v) is 11.3. The number of hydrogen-bond donors (Lipinski definition) is 3. The van der Waals surface area contributed by atoms with Gasteiger partial charge in [-0.1, -0.05) is 19.1 Å². The van der Waals surface area contributed by atoms with Crippen LogP contribution >= 0.6 is 0 Å². The lowest BCUT2D eigenvalue weighted by atomic mass is 9.92. The number of anilines is 3. The fourth-order valence-electron chi connectivity index (χ4n) is 6.32. The van der Waals surface area contributed by atoms with Crippen molar-refractivity contribution in [2.24, 2.45) is 11.7 Å². The molecule has 3 fully saturated rings. The molecular weight excluding hydrogens is 506 g/mol. The Labute approximate surface area is 235 Å². The van der Waals surface area contributed by atoms with E-state index in [1.165, 1.54) is 0 Å². The van der Waals surface area contributed by atoms with Gasteiger partial charge in [-0.15, -0.1) is 0 Å². The molecule has 3 aromatic rings. The Morgan fingerprint density at radius 3 is 2.60 bits per heavy atom. The van der Waals surface area contributed by atoms with E-state index in [0.717, 1.165) is 74.5 Å². The number of morpholine rings is 1. The minimum absolute atomic E-state index is 0.0157. The van der Waals surface area contributed by atoms with Crippen LogP contribution in [0.1, 0.15) is 30.3 Å². The minimum atomic E-state index is -0.543. The molecule has 3 atom stereocenters. The van der Waals surface area contributed by atoms with Gasteiger partial charge in [-0.25, -0.2) is 4.98 Å². The summed E-state index contributed by atoms with van der Waals surface area (Å²) in [6, 6.07) is 12.2. The molecule has 0 saturated carbocycles. The third-order valence-corrected chi connectivity index (χ3v) is 8.65. The average Bonchev–Trinajstić information content (AvgIpc) is 3.00. The number of amides is 1. The maximum absolute atomic E-state index is 13.3. The van der Waals surface area contributed by atoms with Gasteiger partial charge in [-0.05, 0) is 37.1 Å². The van der Waals surface area contributed by atoms with Crippen LogP contribution in [-0.4, -0.2) is 96.6 Å². The predicted octanol–water partition coefficient (Wildman–Crippen LogP) is 2.33. The Kier molecular flexibility index (Phi) is 7.84. The van der Waals surface area contributed by atoms with E-state index in [2.05, 4.69) is 43.2 Å². The fourth-order valence-corrected chi connectivity index (χ4v) is 6.32. The Morgan fingerprint density at radius 1 is 1.05 bits per heavy atom. The molecule has 5 heterocycles. The van der Waals surface area contributed by atoms with Crippen molar-refractivity contribution in [2.75, 3.05) is 67.6 Å². The van der Waals surface area contributed by atoms with Gasteiger partial charge in [0.2, 0.25) is 0 Å². The van der Waals surface area contributed by atoms with E-state index in [1.807, 2.05) is 19.1 Å². The number of pyridine rings is 2. The van der Waals surface area contributed by atoms with Crippen LogP contribution in [0.2, 0.25) is 0 Å². The molecular formula is C30H39N7O3. The summed E-state index contributed by atoms with van der Waals surface area (Å²) in [5.74, 6) is -0.274. The number of nitrogens with two attached hydrogens (primary N) is 1. The summed E-state index contributed by atoms with van der Waals surface area (Å²) < 4.78 is 5.52. The summed E-state index contributed by atoms with van der Waals surface area (Å²) in [6.07, 6.45) is 5.08. The fraction of sp³-hybridized carbons (Fsp3) is 0.500. The van der Waals surface area contributed by atoms with E-state index in [4.69, 9.17) is 15.5 Å². The van der Waals surface area contributed by atoms with Crippen molar-refractivity contribution in [3.05, 3.63) is 54.5 Å². The number of ether oxygens (including phenoxy) is 1. The molecule has 0 aliphatic carbocycles. The third-order valence-electron chi connectivity index (χ3n) is 8.65. The molecule has 1 amide bonds. The summed E-state index contributed by atoms with van der Waals surface area (Å²) in [4.78, 5) is 29.4. The molecule has 10 nitrogen and oxygen atoms in total. The first-order valence-electron chi connectivity index (χ1n) is 14.4. The van der Waals surface area contributed by atoms with Gasteiger partial charge in [0.25, 0.3) is 5.91 Å². The van der Waals surface area contributed by atoms with Crippen LogP contribution < -0.4 is 20.9 Å². The molecule has 0 bridgehead atoms. The van der Waals surface area contributed by atoms with Gasteiger partial charge in [-0.2, -0.15) is 0 Å². The number of aliphatic hydroxyl groups is 1. The third kappa shape index (κ3) is 5.62. The number of benzene rings is 1. The quantitative estimate of drug-likeness (QED) is 0.444. The molecule has 6 rings (SSSR count). The predicted molar refractivity (Wildman–Crippen MR) is 157 cm³/mol. The number of aromatic nitrogens is 2. The van der Waals surface area contributed by atoms with Crippen molar-refractivity contribution in [1.82, 2.24) is 14.9 Å². The van der Waals surface area contributed by atoms with Crippen LogP contribution in [0.15, 0.2) is 48.8 Å². The van der Waals surface area contributed by atoms with Gasteiger partial charge in [0.1, 0.15) is 5.69 Å². The van der Waals surface area contributed by atoms with Crippen molar-refractivity contribution in [2.45, 2.75) is 38.0 Å². The van der Waals surface area contributed by atoms with Gasteiger partial charge in [-0.3, -0.25) is 14.7 Å². The number of carbonyl (C=O) groups excluding carboxylic acids is 1. The Bertz CT molecular complexity index is 1330. The Hall–Kier alpha value is -3.31. The maximum atomic E-state index is 13.3. The van der Waals surface area contributed by atoms with E-state index in [-0.39, 0.29) is 17.9 Å². The molecule has 212 valence electrons. The highest BCUT2D eigenvalue weighted by Gasteiger charge is 2.32. The smallest absolute Gasteiger partial charge is 0.274 e. The van der Waals surface area contributed by atoms with Crippen LogP contribution in [0.5, 0.6) is 0 Å². The monoisotopic (exact) mass is 545 g/mol. The summed E-state index contributed by atoms with van der Waals surface area (Å²) in [7, 11) is 0. The number of piperidine rings is 2. The topological polar surface area (TPSA) is 120 Å². The van der Waals surface area contributed by atoms with Gasteiger partial charge in [0, 0.05) is 74.5 Å². The number of fused-ring (bicyclic) bond motifs is 1. The minimum Gasteiger partial charge on any atom is -0.391 e. The zero-order valence-corrected chi connectivity index (χ0v) is 23.1. The zero-order valence-electron chi connectivity index (χ0n) is 23.1. The van der Waals surface area contributed by atoms with E-state index < -0.39 is 6.10 Å². The first-order valence-corrected chi connectivity index (χ1v) is 14.4. The van der Waals surface area contributed by atoms with Crippen LogP contribution in [0, 0.1) is 5.92 Å². The van der Waals surface area contributed by atoms with E-state index in [9.17, 15) is 9.90 Å². The molecule has 2 aromatic heterocycles. The highest BCUT2D eigenvalue weighted by atomic mass is 16.5. The van der Waals surface area contributed by atoms with Crippen LogP contribution in [0.4, 0.5) is 17.1 Å². The van der Waals surface area contributed by atoms with E-state index >= 15 is 0 Å². The molecule has 3 aliphatic heterocycles. The highest BCUT2D eigenvalue weighted by Crippen LogP contribution is 2.30. The van der Waals surface area contributed by atoms with Crippen LogP contribution in [0.3, 0.4) is 0 Å². The molecule has 3 aliphatic rings. The van der Waals surface area contributed by atoms with E-state index in [1.54, 1.807) is 18.5 Å². The van der Waals surface area contributed by atoms with Crippen molar-refractivity contribution in [3.8, 4) is 0 Å². The molecule has 40 heavy (non-hydrogen) atoms. The first-order chi connectivity index (χ1) is 19.5. The number of nitrogens with one attached hydrogen (secondary N) is 1. The maximum Gasteiger partial charge on any atom is 0.274 e. The number of hydrogen-bond acceptors (Lipinski definition) is 9. The molecule has 4 N–H and O–H groups in total.